The third-order valence-corrected chi connectivity index (χ3v) is 5.71. The molecule has 0 aliphatic rings. The Morgan fingerprint density at radius 2 is 1.57 bits per heavy atom. The molecule has 2 rings (SSSR count). The number of hydrogen-bond acceptors (Lipinski definition) is 3. The Kier molecular flexibility index (Phi) is 5.15. The number of carbonyl (C=O) groups excluding carboxylic acids is 1. The maximum absolute atomic E-state index is 12.9. The highest BCUT2D eigenvalue weighted by atomic mass is 32.2. The normalized spacial score (nSPS) is 14.0. The van der Waals surface area contributed by atoms with Crippen LogP contribution in [-0.2, 0) is 14.6 Å². The lowest BCUT2D eigenvalue weighted by Crippen LogP contribution is -2.39. The van der Waals surface area contributed by atoms with Gasteiger partial charge in [-0.2, -0.15) is 0 Å². The van der Waals surface area contributed by atoms with Crippen LogP contribution in [0.5, 0.6) is 0 Å². The molecule has 0 aromatic heterocycles. The number of amides is 1. The van der Waals surface area contributed by atoms with Crippen molar-refractivity contribution in [3.05, 3.63) is 66.0 Å². The third-order valence-electron chi connectivity index (χ3n) is 3.64. The van der Waals surface area contributed by atoms with Crippen LogP contribution in [0.25, 0.3) is 0 Å². The Labute approximate surface area is 135 Å². The first kappa shape index (κ1) is 17.1. The van der Waals surface area contributed by atoms with E-state index in [1.54, 1.807) is 37.3 Å². The van der Waals surface area contributed by atoms with Gasteiger partial charge in [0, 0.05) is 0 Å². The van der Waals surface area contributed by atoms with Crippen molar-refractivity contribution in [1.82, 2.24) is 5.32 Å². The van der Waals surface area contributed by atoms with Crippen LogP contribution in [0.1, 0.15) is 25.5 Å². The van der Waals surface area contributed by atoms with Crippen LogP contribution >= 0.6 is 0 Å². The molecule has 2 unspecified atom stereocenters. The van der Waals surface area contributed by atoms with Crippen molar-refractivity contribution in [1.29, 1.82) is 0 Å². The molecule has 0 fully saturated rings. The molecule has 0 spiro atoms. The van der Waals surface area contributed by atoms with Crippen molar-refractivity contribution in [2.24, 2.45) is 0 Å². The SMILES string of the molecule is CC(NC(=O)C(C)S(=O)(=O)c1ccccc1)c1ccc(F)cc1. The summed E-state index contributed by atoms with van der Waals surface area (Å²) in [6.07, 6.45) is 0. The van der Waals surface area contributed by atoms with Crippen molar-refractivity contribution in [2.75, 3.05) is 0 Å². The second-order valence-electron chi connectivity index (χ2n) is 5.28. The van der Waals surface area contributed by atoms with Crippen molar-refractivity contribution >= 4 is 15.7 Å². The van der Waals surface area contributed by atoms with Gasteiger partial charge in [-0.25, -0.2) is 12.8 Å². The van der Waals surface area contributed by atoms with Crippen LogP contribution in [0.4, 0.5) is 4.39 Å². The van der Waals surface area contributed by atoms with E-state index in [0.29, 0.717) is 5.56 Å². The van der Waals surface area contributed by atoms with Gasteiger partial charge in [0.1, 0.15) is 11.1 Å². The molecular weight excluding hydrogens is 317 g/mol. The molecule has 0 bridgehead atoms. The first-order valence-electron chi connectivity index (χ1n) is 7.17. The second kappa shape index (κ2) is 6.91. The molecule has 6 heteroatoms. The molecule has 0 saturated carbocycles. The Morgan fingerprint density at radius 1 is 1.00 bits per heavy atom. The molecule has 2 aromatic carbocycles. The molecule has 0 aliphatic carbocycles. The van der Waals surface area contributed by atoms with Gasteiger partial charge >= 0.3 is 0 Å². The van der Waals surface area contributed by atoms with E-state index in [4.69, 9.17) is 0 Å². The van der Waals surface area contributed by atoms with E-state index in [1.165, 1.54) is 31.2 Å². The van der Waals surface area contributed by atoms with E-state index in [9.17, 15) is 17.6 Å². The lowest BCUT2D eigenvalue weighted by atomic mass is 10.1. The minimum Gasteiger partial charge on any atom is -0.348 e. The third kappa shape index (κ3) is 3.96. The topological polar surface area (TPSA) is 63.2 Å². The molecule has 1 N–H and O–H groups in total. The Balaban J connectivity index is 2.12. The van der Waals surface area contributed by atoms with E-state index >= 15 is 0 Å². The predicted molar refractivity (Wildman–Crippen MR) is 86.0 cm³/mol. The highest BCUT2D eigenvalue weighted by molar-refractivity contribution is 7.92. The number of hydrogen-bond donors (Lipinski definition) is 1. The maximum atomic E-state index is 12.9. The Hall–Kier alpha value is -2.21. The van der Waals surface area contributed by atoms with Crippen LogP contribution in [0.2, 0.25) is 0 Å². The van der Waals surface area contributed by atoms with Gasteiger partial charge in [-0.05, 0) is 43.7 Å². The van der Waals surface area contributed by atoms with Crippen molar-refractivity contribution in [2.45, 2.75) is 30.0 Å². The van der Waals surface area contributed by atoms with E-state index in [0.717, 1.165) is 0 Å². The van der Waals surface area contributed by atoms with Gasteiger partial charge in [0.15, 0.2) is 9.84 Å². The number of sulfone groups is 1. The van der Waals surface area contributed by atoms with Crippen molar-refractivity contribution in [3.8, 4) is 0 Å². The Bertz CT molecular complexity index is 773. The molecule has 2 atom stereocenters. The molecule has 0 aliphatic heterocycles. The van der Waals surface area contributed by atoms with E-state index in [1.807, 2.05) is 0 Å². The molecule has 1 amide bonds. The summed E-state index contributed by atoms with van der Waals surface area (Å²) in [5.41, 5.74) is 0.698. The largest absolute Gasteiger partial charge is 0.348 e. The van der Waals surface area contributed by atoms with Crippen molar-refractivity contribution in [3.63, 3.8) is 0 Å². The molecular formula is C17H18FNO3S. The summed E-state index contributed by atoms with van der Waals surface area (Å²) in [6.45, 7) is 3.07. The maximum Gasteiger partial charge on any atom is 0.238 e. The summed E-state index contributed by atoms with van der Waals surface area (Å²) < 4.78 is 37.8. The van der Waals surface area contributed by atoms with Gasteiger partial charge in [0.25, 0.3) is 0 Å². The van der Waals surface area contributed by atoms with Crippen LogP contribution in [0.3, 0.4) is 0 Å². The fraction of sp³-hybridized carbons (Fsp3) is 0.235. The lowest BCUT2D eigenvalue weighted by molar-refractivity contribution is -0.121. The summed E-state index contributed by atoms with van der Waals surface area (Å²) >= 11 is 0. The zero-order valence-corrected chi connectivity index (χ0v) is 13.7. The van der Waals surface area contributed by atoms with E-state index < -0.39 is 27.0 Å². The zero-order valence-electron chi connectivity index (χ0n) is 12.9. The Morgan fingerprint density at radius 3 is 2.13 bits per heavy atom. The highest BCUT2D eigenvalue weighted by Gasteiger charge is 2.30. The predicted octanol–water partition coefficient (Wildman–Crippen LogP) is 2.87. The summed E-state index contributed by atoms with van der Waals surface area (Å²) in [7, 11) is -3.74. The van der Waals surface area contributed by atoms with Gasteiger partial charge in [0.05, 0.1) is 10.9 Å². The average Bonchev–Trinajstić information content (AvgIpc) is 2.55. The highest BCUT2D eigenvalue weighted by Crippen LogP contribution is 2.18. The fourth-order valence-electron chi connectivity index (χ4n) is 2.12. The molecule has 0 radical (unpaired) electrons. The van der Waals surface area contributed by atoms with Crippen LogP contribution < -0.4 is 5.32 Å². The van der Waals surface area contributed by atoms with Crippen molar-refractivity contribution < 1.29 is 17.6 Å². The quantitative estimate of drug-likeness (QED) is 0.914. The standard InChI is InChI=1S/C17H18FNO3S/c1-12(14-8-10-15(18)11-9-14)19-17(20)13(2)23(21,22)16-6-4-3-5-7-16/h3-13H,1-2H3,(H,19,20). The van der Waals surface area contributed by atoms with Gasteiger partial charge in [-0.3, -0.25) is 4.79 Å². The minimum absolute atomic E-state index is 0.108. The smallest absolute Gasteiger partial charge is 0.238 e. The summed E-state index contributed by atoms with van der Waals surface area (Å²) in [5.74, 6) is -0.960. The van der Waals surface area contributed by atoms with Gasteiger partial charge in [-0.15, -0.1) is 0 Å². The fourth-order valence-corrected chi connectivity index (χ4v) is 3.42. The molecule has 23 heavy (non-hydrogen) atoms. The monoisotopic (exact) mass is 335 g/mol. The molecule has 2 aromatic rings. The van der Waals surface area contributed by atoms with Gasteiger partial charge in [-0.1, -0.05) is 30.3 Å². The zero-order chi connectivity index (χ0) is 17.0. The molecule has 0 heterocycles. The van der Waals surface area contributed by atoms with Crippen LogP contribution in [0, 0.1) is 5.82 Å². The lowest BCUT2D eigenvalue weighted by Gasteiger charge is -2.18. The molecule has 0 saturated heterocycles. The first-order valence-corrected chi connectivity index (χ1v) is 8.72. The number of rotatable bonds is 5. The molecule has 122 valence electrons. The number of benzene rings is 2. The van der Waals surface area contributed by atoms with Gasteiger partial charge in [0.2, 0.25) is 5.91 Å². The average molecular weight is 335 g/mol. The first-order chi connectivity index (χ1) is 10.8. The number of nitrogens with one attached hydrogen (secondary N) is 1. The van der Waals surface area contributed by atoms with Crippen LogP contribution in [-0.4, -0.2) is 19.6 Å². The van der Waals surface area contributed by atoms with E-state index in [-0.39, 0.29) is 10.7 Å². The summed E-state index contributed by atoms with van der Waals surface area (Å²) in [4.78, 5) is 12.4. The summed E-state index contributed by atoms with van der Waals surface area (Å²) in [5, 5.41) is 1.44. The van der Waals surface area contributed by atoms with Gasteiger partial charge < -0.3 is 5.32 Å². The minimum atomic E-state index is -3.74. The molecule has 4 nitrogen and oxygen atoms in total. The summed E-state index contributed by atoms with van der Waals surface area (Å²) in [6, 6.07) is 13.1. The number of carbonyl (C=O) groups is 1. The second-order valence-corrected chi connectivity index (χ2v) is 7.55. The van der Waals surface area contributed by atoms with E-state index in [2.05, 4.69) is 5.32 Å². The number of halogens is 1. The van der Waals surface area contributed by atoms with Crippen LogP contribution in [0.15, 0.2) is 59.5 Å².